The van der Waals surface area contributed by atoms with Gasteiger partial charge in [-0.25, -0.2) is 0 Å². The number of nitrogens with zero attached hydrogens (tertiary/aromatic N) is 3. The summed E-state index contributed by atoms with van der Waals surface area (Å²) in [4.78, 5) is 29.1. The van der Waals surface area contributed by atoms with Crippen LogP contribution in [0.25, 0.3) is 0 Å². The van der Waals surface area contributed by atoms with Crippen molar-refractivity contribution in [1.29, 1.82) is 0 Å². The minimum Gasteiger partial charge on any atom is -0.490 e. The Bertz CT molecular complexity index is 1110. The molecule has 0 atom stereocenters. The second-order valence-electron chi connectivity index (χ2n) is 9.78. The predicted octanol–water partition coefficient (Wildman–Crippen LogP) is 3.87. The maximum absolute atomic E-state index is 13.2. The number of fused-ring (bicyclic) bond motifs is 2. The third-order valence-electron chi connectivity index (χ3n) is 7.79. The average molecular weight is 506 g/mol. The van der Waals surface area contributed by atoms with Crippen molar-refractivity contribution in [3.8, 4) is 5.75 Å². The van der Waals surface area contributed by atoms with Crippen LogP contribution in [0.3, 0.4) is 0 Å². The van der Waals surface area contributed by atoms with Crippen LogP contribution >= 0.6 is 0 Å². The van der Waals surface area contributed by atoms with Gasteiger partial charge in [0.2, 0.25) is 0 Å². The molecule has 1 aromatic heterocycles. The number of aromatic nitrogens is 1. The molecule has 194 valence electrons. The molecule has 10 heteroatoms. The molecule has 3 aliphatic rings. The molecule has 1 aromatic carbocycles. The molecule has 0 aliphatic carbocycles. The van der Waals surface area contributed by atoms with Crippen LogP contribution in [0.15, 0.2) is 36.4 Å². The van der Waals surface area contributed by atoms with Gasteiger partial charge in [-0.05, 0) is 56.3 Å². The molecule has 0 saturated carbocycles. The summed E-state index contributed by atoms with van der Waals surface area (Å²) >= 11 is 0. The maximum atomic E-state index is 13.2. The van der Waals surface area contributed by atoms with E-state index >= 15 is 0 Å². The highest BCUT2D eigenvalue weighted by molar-refractivity contribution is 5.99. The number of amides is 1. The van der Waals surface area contributed by atoms with Crippen molar-refractivity contribution >= 4 is 11.7 Å². The molecule has 0 radical (unpaired) electrons. The molecule has 0 unspecified atom stereocenters. The Labute approximate surface area is 207 Å². The summed E-state index contributed by atoms with van der Waals surface area (Å²) in [5.74, 6) is -1.17. The fourth-order valence-electron chi connectivity index (χ4n) is 5.68. The van der Waals surface area contributed by atoms with Gasteiger partial charge in [-0.3, -0.25) is 14.5 Å². The minimum atomic E-state index is -4.91. The number of hydrogen-bond donors (Lipinski definition) is 0. The highest BCUT2D eigenvalue weighted by Crippen LogP contribution is 2.42. The quantitative estimate of drug-likeness (QED) is 0.591. The lowest BCUT2D eigenvalue weighted by atomic mass is 9.81. The number of likely N-dealkylation sites (N-methyl/N-ethyl adjacent to an activating group) is 1. The number of ketones is 1. The topological polar surface area (TPSA) is 64.0 Å². The van der Waals surface area contributed by atoms with Gasteiger partial charge < -0.3 is 18.9 Å². The van der Waals surface area contributed by atoms with Crippen molar-refractivity contribution in [3.05, 3.63) is 53.3 Å². The SMILES string of the molecule is CN1CCn2c(C(=O)C(F)(F)F)ccc2C12CCN(C(=O)c1ccc(OC3CCOCC3)cc1)CC2. The fraction of sp³-hybridized carbons (Fsp3) is 0.538. The number of hydrogen-bond acceptors (Lipinski definition) is 5. The number of ether oxygens (including phenoxy) is 2. The van der Waals surface area contributed by atoms with Crippen molar-refractivity contribution in [1.82, 2.24) is 14.4 Å². The lowest BCUT2D eigenvalue weighted by Gasteiger charge is -2.50. The van der Waals surface area contributed by atoms with E-state index in [2.05, 4.69) is 4.90 Å². The van der Waals surface area contributed by atoms with E-state index in [4.69, 9.17) is 9.47 Å². The molecule has 3 aliphatic heterocycles. The Morgan fingerprint density at radius 1 is 0.972 bits per heavy atom. The summed E-state index contributed by atoms with van der Waals surface area (Å²) in [6.07, 6.45) is -1.95. The molecule has 36 heavy (non-hydrogen) atoms. The summed E-state index contributed by atoms with van der Waals surface area (Å²) in [5, 5.41) is 0. The first kappa shape index (κ1) is 24.8. The summed E-state index contributed by atoms with van der Waals surface area (Å²) in [6.45, 7) is 3.18. The highest BCUT2D eigenvalue weighted by atomic mass is 19.4. The predicted molar refractivity (Wildman–Crippen MR) is 125 cm³/mol. The van der Waals surface area contributed by atoms with Gasteiger partial charge in [0.1, 0.15) is 11.9 Å². The second kappa shape index (κ2) is 9.55. The first-order chi connectivity index (χ1) is 17.2. The number of rotatable bonds is 4. The van der Waals surface area contributed by atoms with Crippen molar-refractivity contribution in [2.45, 2.75) is 50.0 Å². The first-order valence-corrected chi connectivity index (χ1v) is 12.4. The van der Waals surface area contributed by atoms with E-state index in [1.54, 1.807) is 23.1 Å². The Morgan fingerprint density at radius 2 is 1.64 bits per heavy atom. The second-order valence-corrected chi connectivity index (χ2v) is 9.78. The molecule has 2 aromatic rings. The van der Waals surface area contributed by atoms with Crippen molar-refractivity contribution in [2.75, 3.05) is 39.9 Å². The zero-order valence-corrected chi connectivity index (χ0v) is 20.2. The number of halogens is 3. The largest absolute Gasteiger partial charge is 0.490 e. The fourth-order valence-corrected chi connectivity index (χ4v) is 5.68. The molecule has 1 spiro atoms. The van der Waals surface area contributed by atoms with Gasteiger partial charge in [-0.2, -0.15) is 13.2 Å². The van der Waals surface area contributed by atoms with Crippen molar-refractivity contribution in [3.63, 3.8) is 0 Å². The number of piperidine rings is 1. The van der Waals surface area contributed by atoms with Crippen molar-refractivity contribution in [2.24, 2.45) is 0 Å². The van der Waals surface area contributed by atoms with Gasteiger partial charge >= 0.3 is 6.18 Å². The van der Waals surface area contributed by atoms with Gasteiger partial charge in [-0.15, -0.1) is 0 Å². The normalized spacial score (nSPS) is 20.8. The Morgan fingerprint density at radius 3 is 2.28 bits per heavy atom. The zero-order valence-electron chi connectivity index (χ0n) is 20.2. The van der Waals surface area contributed by atoms with Gasteiger partial charge in [0.15, 0.2) is 0 Å². The number of carbonyl (C=O) groups excluding carboxylic acids is 2. The summed E-state index contributed by atoms with van der Waals surface area (Å²) in [7, 11) is 1.95. The van der Waals surface area contributed by atoms with Crippen LogP contribution in [0.1, 0.15) is 52.2 Å². The molecule has 0 N–H and O–H groups in total. The molecule has 4 heterocycles. The molecule has 2 fully saturated rings. The average Bonchev–Trinajstić information content (AvgIpc) is 3.31. The van der Waals surface area contributed by atoms with Crippen LogP contribution in [-0.2, 0) is 16.8 Å². The summed E-state index contributed by atoms with van der Waals surface area (Å²) in [5.41, 5.74) is 0.460. The monoisotopic (exact) mass is 505 g/mol. The van der Waals surface area contributed by atoms with E-state index in [1.807, 2.05) is 19.2 Å². The molecular formula is C26H30F3N3O4. The van der Waals surface area contributed by atoms with E-state index in [-0.39, 0.29) is 17.7 Å². The standard InChI is InChI=1S/C26H30F3N3O4/c1-30-14-15-32-21(23(33)26(27,28)29)6-7-22(32)25(30)10-12-31(13-11-25)24(34)18-2-4-19(5-3-18)36-20-8-16-35-17-9-20/h2-7,20H,8-17H2,1H3. The molecule has 0 bridgehead atoms. The first-order valence-electron chi connectivity index (χ1n) is 12.4. The number of alkyl halides is 3. The molecule has 5 rings (SSSR count). The molecule has 2 saturated heterocycles. The number of benzene rings is 1. The van der Waals surface area contributed by atoms with Crippen LogP contribution < -0.4 is 4.74 Å². The van der Waals surface area contributed by atoms with E-state index in [1.165, 1.54) is 10.6 Å². The van der Waals surface area contributed by atoms with Crippen LogP contribution in [0, 0.1) is 0 Å². The number of carbonyl (C=O) groups is 2. The maximum Gasteiger partial charge on any atom is 0.456 e. The van der Waals surface area contributed by atoms with Crippen LogP contribution in [0.4, 0.5) is 13.2 Å². The van der Waals surface area contributed by atoms with E-state index in [0.29, 0.717) is 63.5 Å². The minimum absolute atomic E-state index is 0.0794. The summed E-state index contributed by atoms with van der Waals surface area (Å²) < 4.78 is 52.2. The lowest BCUT2D eigenvalue weighted by Crippen LogP contribution is -2.56. The lowest BCUT2D eigenvalue weighted by molar-refractivity contribution is -0.0892. The van der Waals surface area contributed by atoms with Crippen molar-refractivity contribution < 1.29 is 32.2 Å². The Kier molecular flexibility index (Phi) is 6.59. The van der Waals surface area contributed by atoms with Gasteiger partial charge in [-0.1, -0.05) is 0 Å². The third-order valence-corrected chi connectivity index (χ3v) is 7.79. The number of likely N-dealkylation sites (tertiary alicyclic amines) is 1. The van der Waals surface area contributed by atoms with Gasteiger partial charge in [0, 0.05) is 50.3 Å². The molecular weight excluding hydrogens is 475 g/mol. The third kappa shape index (κ3) is 4.52. The number of Topliss-reactive ketones (excluding diaryl/α,β-unsaturated/α-hetero) is 1. The summed E-state index contributed by atoms with van der Waals surface area (Å²) in [6, 6.07) is 10.1. The van der Waals surface area contributed by atoms with E-state index < -0.39 is 17.5 Å². The zero-order chi connectivity index (χ0) is 25.5. The molecule has 7 nitrogen and oxygen atoms in total. The highest BCUT2D eigenvalue weighted by Gasteiger charge is 2.47. The van der Waals surface area contributed by atoms with Crippen LogP contribution in [0.5, 0.6) is 5.75 Å². The van der Waals surface area contributed by atoms with Crippen LogP contribution in [-0.4, -0.2) is 78.2 Å². The van der Waals surface area contributed by atoms with Gasteiger partial charge in [0.25, 0.3) is 11.7 Å². The smallest absolute Gasteiger partial charge is 0.456 e. The van der Waals surface area contributed by atoms with E-state index in [0.717, 1.165) is 18.6 Å². The van der Waals surface area contributed by atoms with Gasteiger partial charge in [0.05, 0.1) is 24.4 Å². The molecule has 1 amide bonds. The van der Waals surface area contributed by atoms with Crippen LogP contribution in [0.2, 0.25) is 0 Å². The Hall–Kier alpha value is -2.85. The van der Waals surface area contributed by atoms with E-state index in [9.17, 15) is 22.8 Å². The Balaban J connectivity index is 1.27.